The minimum atomic E-state index is 0.189. The van der Waals surface area contributed by atoms with Gasteiger partial charge in [0.1, 0.15) is 6.33 Å². The number of benzene rings is 2. The van der Waals surface area contributed by atoms with E-state index < -0.39 is 0 Å². The Kier molecular flexibility index (Phi) is 4.34. The van der Waals surface area contributed by atoms with E-state index >= 15 is 0 Å². The Morgan fingerprint density at radius 1 is 1.04 bits per heavy atom. The second-order valence-corrected chi connectivity index (χ2v) is 7.77. The Hall–Kier alpha value is -2.14. The Bertz CT molecular complexity index is 852. The maximum absolute atomic E-state index is 4.45. The van der Waals surface area contributed by atoms with Crippen molar-refractivity contribution >= 4 is 21.9 Å². The van der Waals surface area contributed by atoms with Crippen LogP contribution >= 0.6 is 15.9 Å². The molecule has 0 unspecified atom stereocenters. The van der Waals surface area contributed by atoms with E-state index in [1.807, 2.05) is 4.68 Å². The molecule has 0 aliphatic carbocycles. The van der Waals surface area contributed by atoms with Crippen molar-refractivity contribution in [3.63, 3.8) is 0 Å². The highest BCUT2D eigenvalue weighted by molar-refractivity contribution is 9.10. The number of hydrogen-bond donors (Lipinski definition) is 1. The summed E-state index contributed by atoms with van der Waals surface area (Å²) in [6.45, 7) is 4.44. The van der Waals surface area contributed by atoms with Crippen LogP contribution in [0.1, 0.15) is 55.0 Å². The summed E-state index contributed by atoms with van der Waals surface area (Å²) in [6.07, 6.45) is 2.57. The zero-order valence-corrected chi connectivity index (χ0v) is 15.9. The summed E-state index contributed by atoms with van der Waals surface area (Å²) < 4.78 is 3.09. The molecule has 5 heteroatoms. The molecule has 0 fully saturated rings. The standard InChI is InChI=1S/C20H21BrN4/c1-13(2)14-3-5-16(6-4-14)19-11-18(15-7-9-17(21)10-8-15)24-20-22-12-23-25(19)20/h3-10,12-13,18-19H,11H2,1-2H3,(H,22,23,24)/t18-,19-/m1/s1. The molecule has 2 atom stereocenters. The first-order valence-electron chi connectivity index (χ1n) is 8.63. The van der Waals surface area contributed by atoms with Crippen molar-refractivity contribution in [2.45, 2.75) is 38.3 Å². The molecule has 0 saturated carbocycles. The highest BCUT2D eigenvalue weighted by Gasteiger charge is 2.29. The van der Waals surface area contributed by atoms with E-state index in [1.54, 1.807) is 6.33 Å². The minimum Gasteiger partial charge on any atom is -0.348 e. The van der Waals surface area contributed by atoms with E-state index in [2.05, 4.69) is 93.7 Å². The molecule has 1 aromatic heterocycles. The van der Waals surface area contributed by atoms with Crippen LogP contribution in [0.4, 0.5) is 5.95 Å². The topological polar surface area (TPSA) is 42.7 Å². The molecule has 0 amide bonds. The van der Waals surface area contributed by atoms with Crippen LogP contribution in [0.3, 0.4) is 0 Å². The summed E-state index contributed by atoms with van der Waals surface area (Å²) in [4.78, 5) is 4.40. The van der Waals surface area contributed by atoms with E-state index in [4.69, 9.17) is 0 Å². The SMILES string of the molecule is CC(C)c1ccc([C@H]2C[C@H](c3ccc(Br)cc3)Nc3ncnn32)cc1. The molecule has 0 saturated heterocycles. The minimum absolute atomic E-state index is 0.189. The summed E-state index contributed by atoms with van der Waals surface area (Å²) >= 11 is 3.51. The van der Waals surface area contributed by atoms with Crippen LogP contribution in [-0.4, -0.2) is 14.8 Å². The van der Waals surface area contributed by atoms with Gasteiger partial charge in [0.25, 0.3) is 0 Å². The number of halogens is 1. The van der Waals surface area contributed by atoms with Crippen molar-refractivity contribution in [1.29, 1.82) is 0 Å². The number of rotatable bonds is 3. The van der Waals surface area contributed by atoms with Gasteiger partial charge in [0.2, 0.25) is 5.95 Å². The first kappa shape index (κ1) is 16.3. The lowest BCUT2D eigenvalue weighted by molar-refractivity contribution is 0.430. The molecule has 1 aliphatic heterocycles. The molecular formula is C20H21BrN4. The van der Waals surface area contributed by atoms with E-state index in [0.717, 1.165) is 16.8 Å². The first-order valence-corrected chi connectivity index (χ1v) is 9.42. The highest BCUT2D eigenvalue weighted by Crippen LogP contribution is 2.37. The van der Waals surface area contributed by atoms with Crippen molar-refractivity contribution in [3.05, 3.63) is 76.0 Å². The van der Waals surface area contributed by atoms with Gasteiger partial charge < -0.3 is 5.32 Å². The zero-order chi connectivity index (χ0) is 17.4. The fourth-order valence-electron chi connectivity index (χ4n) is 3.41. The van der Waals surface area contributed by atoms with Gasteiger partial charge in [0.15, 0.2) is 0 Å². The molecule has 2 heterocycles. The number of fused-ring (bicyclic) bond motifs is 1. The summed E-state index contributed by atoms with van der Waals surface area (Å²) in [5.74, 6) is 1.37. The van der Waals surface area contributed by atoms with Gasteiger partial charge in [-0.25, -0.2) is 4.68 Å². The fraction of sp³-hybridized carbons (Fsp3) is 0.300. The maximum atomic E-state index is 4.45. The molecule has 1 N–H and O–H groups in total. The summed E-state index contributed by atoms with van der Waals surface area (Å²) in [5, 5.41) is 7.97. The average Bonchev–Trinajstić information content (AvgIpc) is 3.10. The monoisotopic (exact) mass is 396 g/mol. The molecule has 4 rings (SSSR count). The molecule has 4 nitrogen and oxygen atoms in total. The van der Waals surface area contributed by atoms with Crippen molar-refractivity contribution in [3.8, 4) is 0 Å². The van der Waals surface area contributed by atoms with Gasteiger partial charge >= 0.3 is 0 Å². The number of nitrogens with zero attached hydrogens (tertiary/aromatic N) is 3. The first-order chi connectivity index (χ1) is 12.1. The van der Waals surface area contributed by atoms with E-state index in [-0.39, 0.29) is 12.1 Å². The molecule has 0 bridgehead atoms. The van der Waals surface area contributed by atoms with Gasteiger partial charge in [-0.05, 0) is 41.2 Å². The normalized spacial score (nSPS) is 19.5. The maximum Gasteiger partial charge on any atom is 0.222 e. The van der Waals surface area contributed by atoms with Crippen LogP contribution in [0.25, 0.3) is 0 Å². The van der Waals surface area contributed by atoms with Crippen LogP contribution in [0.15, 0.2) is 59.3 Å². The molecule has 25 heavy (non-hydrogen) atoms. The van der Waals surface area contributed by atoms with Crippen molar-refractivity contribution in [1.82, 2.24) is 14.8 Å². The van der Waals surface area contributed by atoms with Gasteiger partial charge in [-0.3, -0.25) is 0 Å². The van der Waals surface area contributed by atoms with Crippen LogP contribution in [0.2, 0.25) is 0 Å². The van der Waals surface area contributed by atoms with Gasteiger partial charge in [-0.1, -0.05) is 66.2 Å². The molecule has 0 spiro atoms. The Labute approximate surface area is 156 Å². The van der Waals surface area contributed by atoms with Crippen molar-refractivity contribution in [2.75, 3.05) is 5.32 Å². The van der Waals surface area contributed by atoms with Crippen molar-refractivity contribution < 1.29 is 0 Å². The zero-order valence-electron chi connectivity index (χ0n) is 14.4. The number of anilines is 1. The third kappa shape index (κ3) is 3.21. The molecule has 128 valence electrons. The third-order valence-electron chi connectivity index (χ3n) is 4.89. The summed E-state index contributed by atoms with van der Waals surface area (Å²) in [7, 11) is 0. The quantitative estimate of drug-likeness (QED) is 0.651. The van der Waals surface area contributed by atoms with Gasteiger partial charge in [-0.15, -0.1) is 0 Å². The second-order valence-electron chi connectivity index (χ2n) is 6.85. The largest absolute Gasteiger partial charge is 0.348 e. The third-order valence-corrected chi connectivity index (χ3v) is 5.42. The molecule has 0 radical (unpaired) electrons. The summed E-state index contributed by atoms with van der Waals surface area (Å²) in [6, 6.07) is 17.8. The van der Waals surface area contributed by atoms with Crippen LogP contribution in [0, 0.1) is 0 Å². The van der Waals surface area contributed by atoms with Crippen LogP contribution in [0.5, 0.6) is 0 Å². The van der Waals surface area contributed by atoms with Gasteiger partial charge in [0.05, 0.1) is 12.1 Å². The lowest BCUT2D eigenvalue weighted by Crippen LogP contribution is -2.28. The van der Waals surface area contributed by atoms with Crippen LogP contribution < -0.4 is 5.32 Å². The second kappa shape index (κ2) is 6.64. The number of aromatic nitrogens is 3. The van der Waals surface area contributed by atoms with Crippen molar-refractivity contribution in [2.24, 2.45) is 0 Å². The Morgan fingerprint density at radius 2 is 1.72 bits per heavy atom. The predicted octanol–water partition coefficient (Wildman–Crippen LogP) is 5.31. The average molecular weight is 397 g/mol. The Balaban J connectivity index is 1.68. The lowest BCUT2D eigenvalue weighted by Gasteiger charge is -2.32. The summed E-state index contributed by atoms with van der Waals surface area (Å²) in [5.41, 5.74) is 3.90. The fourth-order valence-corrected chi connectivity index (χ4v) is 3.68. The number of hydrogen-bond acceptors (Lipinski definition) is 3. The predicted molar refractivity (Wildman–Crippen MR) is 104 cm³/mol. The van der Waals surface area contributed by atoms with Crippen LogP contribution in [-0.2, 0) is 0 Å². The molecule has 3 aromatic rings. The molecule has 1 aliphatic rings. The smallest absolute Gasteiger partial charge is 0.222 e. The lowest BCUT2D eigenvalue weighted by atomic mass is 9.92. The molecular weight excluding hydrogens is 376 g/mol. The van der Waals surface area contributed by atoms with Gasteiger partial charge in [0, 0.05) is 4.47 Å². The number of nitrogens with one attached hydrogen (secondary N) is 1. The highest BCUT2D eigenvalue weighted by atomic mass is 79.9. The van der Waals surface area contributed by atoms with E-state index in [0.29, 0.717) is 5.92 Å². The van der Waals surface area contributed by atoms with E-state index in [9.17, 15) is 0 Å². The van der Waals surface area contributed by atoms with Gasteiger partial charge in [-0.2, -0.15) is 10.1 Å². The van der Waals surface area contributed by atoms with E-state index in [1.165, 1.54) is 16.7 Å². The Morgan fingerprint density at radius 3 is 2.40 bits per heavy atom. The molecule has 2 aromatic carbocycles.